The molecular weight excluding hydrogens is 338 g/mol. The number of halogens is 1. The van der Waals surface area contributed by atoms with E-state index in [1.807, 2.05) is 0 Å². The summed E-state index contributed by atoms with van der Waals surface area (Å²) in [6, 6.07) is 4.37. The van der Waals surface area contributed by atoms with Crippen molar-refractivity contribution in [2.24, 2.45) is 0 Å². The van der Waals surface area contributed by atoms with E-state index in [0.717, 1.165) is 5.46 Å². The third kappa shape index (κ3) is 2.34. The summed E-state index contributed by atoms with van der Waals surface area (Å²) in [5.74, 6) is 0. The van der Waals surface area contributed by atoms with Gasteiger partial charge in [-0.2, -0.15) is 0 Å². The van der Waals surface area contributed by atoms with Crippen LogP contribution in [0.2, 0.25) is 0 Å². The lowest BCUT2D eigenvalue weighted by Crippen LogP contribution is -2.41. The second-order valence-corrected chi connectivity index (χ2v) is 7.21. The zero-order valence-corrected chi connectivity index (χ0v) is 14.1. The van der Waals surface area contributed by atoms with E-state index in [0.29, 0.717) is 0 Å². The first-order valence-electron chi connectivity index (χ1n) is 6.26. The maximum atomic E-state index is 6.10. The molecule has 0 aromatic heterocycles. The smallest absolute Gasteiger partial charge is 0.399 e. The van der Waals surface area contributed by atoms with E-state index in [1.54, 1.807) is 0 Å². The molecule has 0 radical (unpaired) electrons. The lowest BCUT2D eigenvalue weighted by Gasteiger charge is -2.32. The SMILES string of the molecule is Cc1cc(B2OC(C)(C)C(C)(C)O2)c(C)cc1I. The Morgan fingerprint density at radius 2 is 1.44 bits per heavy atom. The van der Waals surface area contributed by atoms with Crippen LogP contribution in [0, 0.1) is 17.4 Å². The summed E-state index contributed by atoms with van der Waals surface area (Å²) in [6.45, 7) is 12.6. The zero-order chi connectivity index (χ0) is 13.7. The highest BCUT2D eigenvalue weighted by Gasteiger charge is 2.52. The molecule has 0 aliphatic carbocycles. The van der Waals surface area contributed by atoms with Crippen molar-refractivity contribution in [2.75, 3.05) is 0 Å². The largest absolute Gasteiger partial charge is 0.495 e. The van der Waals surface area contributed by atoms with Crippen molar-refractivity contribution in [1.29, 1.82) is 0 Å². The minimum Gasteiger partial charge on any atom is -0.399 e. The Balaban J connectivity index is 2.38. The highest BCUT2D eigenvalue weighted by atomic mass is 127. The van der Waals surface area contributed by atoms with Crippen molar-refractivity contribution in [3.05, 3.63) is 26.8 Å². The first kappa shape index (κ1) is 14.3. The fourth-order valence-electron chi connectivity index (χ4n) is 2.03. The van der Waals surface area contributed by atoms with E-state index in [4.69, 9.17) is 9.31 Å². The van der Waals surface area contributed by atoms with Crippen molar-refractivity contribution in [3.63, 3.8) is 0 Å². The van der Waals surface area contributed by atoms with Crippen molar-refractivity contribution in [3.8, 4) is 0 Å². The summed E-state index contributed by atoms with van der Waals surface area (Å²) in [6.07, 6.45) is 0. The summed E-state index contributed by atoms with van der Waals surface area (Å²) in [4.78, 5) is 0. The molecule has 2 rings (SSSR count). The molecule has 0 atom stereocenters. The molecule has 1 aliphatic rings. The first-order chi connectivity index (χ1) is 8.14. The Morgan fingerprint density at radius 1 is 0.944 bits per heavy atom. The quantitative estimate of drug-likeness (QED) is 0.567. The average Bonchev–Trinajstić information content (AvgIpc) is 2.42. The Bertz CT molecular complexity index is 467. The zero-order valence-electron chi connectivity index (χ0n) is 11.9. The lowest BCUT2D eigenvalue weighted by atomic mass is 9.75. The van der Waals surface area contributed by atoms with Gasteiger partial charge in [-0.1, -0.05) is 11.6 Å². The lowest BCUT2D eigenvalue weighted by molar-refractivity contribution is 0.00578. The fourth-order valence-corrected chi connectivity index (χ4v) is 2.65. The molecule has 0 bridgehead atoms. The normalized spacial score (nSPS) is 21.4. The summed E-state index contributed by atoms with van der Waals surface area (Å²) in [7, 11) is -0.259. The Labute approximate surface area is 124 Å². The van der Waals surface area contributed by atoms with E-state index >= 15 is 0 Å². The molecule has 1 heterocycles. The van der Waals surface area contributed by atoms with Crippen molar-refractivity contribution < 1.29 is 9.31 Å². The number of aryl methyl sites for hydroxylation is 2. The Morgan fingerprint density at radius 3 is 1.94 bits per heavy atom. The molecule has 0 unspecified atom stereocenters. The van der Waals surface area contributed by atoms with Crippen molar-refractivity contribution in [2.45, 2.75) is 52.7 Å². The maximum Gasteiger partial charge on any atom is 0.495 e. The van der Waals surface area contributed by atoms with Crippen molar-refractivity contribution in [1.82, 2.24) is 0 Å². The maximum absolute atomic E-state index is 6.10. The van der Waals surface area contributed by atoms with Gasteiger partial charge in [0.15, 0.2) is 0 Å². The van der Waals surface area contributed by atoms with Gasteiger partial charge >= 0.3 is 7.12 Å². The number of hydrogen-bond acceptors (Lipinski definition) is 2. The third-order valence-corrected chi connectivity index (χ3v) is 5.22. The van der Waals surface area contributed by atoms with E-state index in [1.165, 1.54) is 14.7 Å². The van der Waals surface area contributed by atoms with Gasteiger partial charge in [0.05, 0.1) is 11.2 Å². The Hall–Kier alpha value is -0.0651. The molecule has 1 saturated heterocycles. The van der Waals surface area contributed by atoms with E-state index in [2.05, 4.69) is 76.3 Å². The van der Waals surface area contributed by atoms with E-state index < -0.39 is 0 Å². The van der Waals surface area contributed by atoms with Crippen LogP contribution in [0.25, 0.3) is 0 Å². The number of rotatable bonds is 1. The monoisotopic (exact) mass is 358 g/mol. The van der Waals surface area contributed by atoms with Gasteiger partial charge in [0.25, 0.3) is 0 Å². The van der Waals surface area contributed by atoms with Crippen LogP contribution < -0.4 is 5.46 Å². The van der Waals surface area contributed by atoms with E-state index in [-0.39, 0.29) is 18.3 Å². The summed E-state index contributed by atoms with van der Waals surface area (Å²) < 4.78 is 13.5. The molecule has 1 aliphatic heterocycles. The van der Waals surface area contributed by atoms with Crippen LogP contribution in [0.1, 0.15) is 38.8 Å². The van der Waals surface area contributed by atoms with Crippen LogP contribution in [0.15, 0.2) is 12.1 Å². The van der Waals surface area contributed by atoms with Crippen molar-refractivity contribution >= 4 is 35.2 Å². The fraction of sp³-hybridized carbons (Fsp3) is 0.571. The molecule has 0 spiro atoms. The summed E-state index contributed by atoms with van der Waals surface area (Å²) >= 11 is 2.36. The van der Waals surface area contributed by atoms with Crippen LogP contribution in [-0.4, -0.2) is 18.3 Å². The molecule has 1 fully saturated rings. The molecular formula is C14H20BIO2. The van der Waals surface area contributed by atoms with Crippen LogP contribution >= 0.6 is 22.6 Å². The minimum atomic E-state index is -0.277. The van der Waals surface area contributed by atoms with Gasteiger partial charge in [-0.25, -0.2) is 0 Å². The van der Waals surface area contributed by atoms with Crippen LogP contribution in [0.5, 0.6) is 0 Å². The van der Waals surface area contributed by atoms with Gasteiger partial charge in [0.2, 0.25) is 0 Å². The highest BCUT2D eigenvalue weighted by Crippen LogP contribution is 2.36. The van der Waals surface area contributed by atoms with Crippen LogP contribution in [0.4, 0.5) is 0 Å². The molecule has 0 N–H and O–H groups in total. The molecule has 4 heteroatoms. The second-order valence-electron chi connectivity index (χ2n) is 6.05. The predicted octanol–water partition coefficient (Wildman–Crippen LogP) is 3.21. The van der Waals surface area contributed by atoms with Gasteiger partial charge in [0.1, 0.15) is 0 Å². The number of benzene rings is 1. The highest BCUT2D eigenvalue weighted by molar-refractivity contribution is 14.1. The van der Waals surface area contributed by atoms with Gasteiger partial charge in [-0.3, -0.25) is 0 Å². The third-order valence-electron chi connectivity index (χ3n) is 4.05. The van der Waals surface area contributed by atoms with Crippen LogP contribution in [-0.2, 0) is 9.31 Å². The molecule has 2 nitrogen and oxygen atoms in total. The topological polar surface area (TPSA) is 18.5 Å². The summed E-state index contributed by atoms with van der Waals surface area (Å²) in [5, 5.41) is 0. The Kier molecular flexibility index (Phi) is 3.58. The number of hydrogen-bond donors (Lipinski definition) is 0. The molecule has 18 heavy (non-hydrogen) atoms. The van der Waals surface area contributed by atoms with E-state index in [9.17, 15) is 0 Å². The first-order valence-corrected chi connectivity index (χ1v) is 7.34. The average molecular weight is 358 g/mol. The second kappa shape index (κ2) is 4.49. The van der Waals surface area contributed by atoms with Gasteiger partial charge < -0.3 is 9.31 Å². The van der Waals surface area contributed by atoms with Gasteiger partial charge in [-0.05, 0) is 81.2 Å². The predicted molar refractivity (Wildman–Crippen MR) is 84.3 cm³/mol. The van der Waals surface area contributed by atoms with Crippen LogP contribution in [0.3, 0.4) is 0 Å². The molecule has 98 valence electrons. The molecule has 1 aromatic rings. The van der Waals surface area contributed by atoms with Gasteiger partial charge in [0, 0.05) is 3.57 Å². The molecule has 0 saturated carbocycles. The molecule has 0 amide bonds. The molecule has 1 aromatic carbocycles. The standard InChI is InChI=1S/C14H20BIO2/c1-9-8-12(16)10(2)7-11(9)15-17-13(3,4)14(5,6)18-15/h7-8H,1-6H3. The van der Waals surface area contributed by atoms with Gasteiger partial charge in [-0.15, -0.1) is 0 Å². The minimum absolute atomic E-state index is 0.259. The summed E-state index contributed by atoms with van der Waals surface area (Å²) in [5.41, 5.74) is 3.09.